The van der Waals surface area contributed by atoms with Gasteiger partial charge in [0.15, 0.2) is 0 Å². The molecule has 0 spiro atoms. The van der Waals surface area contributed by atoms with Crippen LogP contribution in [-0.4, -0.2) is 17.5 Å². The van der Waals surface area contributed by atoms with Crippen LogP contribution in [0.5, 0.6) is 0 Å². The van der Waals surface area contributed by atoms with Crippen molar-refractivity contribution in [3.63, 3.8) is 0 Å². The van der Waals surface area contributed by atoms with Crippen LogP contribution in [-0.2, 0) is 11.2 Å². The topological polar surface area (TPSA) is 55.1 Å². The summed E-state index contributed by atoms with van der Waals surface area (Å²) in [4.78, 5) is 12.2. The van der Waals surface area contributed by atoms with Crippen LogP contribution in [0, 0.1) is 0 Å². The Kier molecular flexibility index (Phi) is 4.63. The van der Waals surface area contributed by atoms with E-state index in [0.717, 1.165) is 36.6 Å². The van der Waals surface area contributed by atoms with Gasteiger partial charge >= 0.3 is 0 Å². The molecule has 1 fully saturated rings. The standard InChI is InChI=1S/C15H21BrN2O/c1-11(10-12-6-2-3-7-13(12)16)18-14(19)15(17)8-4-5-9-15/h2-3,6-7,11H,4-5,8-10,17H2,1H3,(H,18,19). The number of carbonyl (C=O) groups is 1. The summed E-state index contributed by atoms with van der Waals surface area (Å²) in [5.74, 6) is 0.00422. The summed E-state index contributed by atoms with van der Waals surface area (Å²) in [6.07, 6.45) is 4.54. The normalized spacial score (nSPS) is 19.1. The molecule has 1 aromatic rings. The van der Waals surface area contributed by atoms with Crippen LogP contribution >= 0.6 is 15.9 Å². The molecule has 0 saturated heterocycles. The molecule has 0 radical (unpaired) electrons. The fourth-order valence-corrected chi connectivity index (χ4v) is 3.09. The lowest BCUT2D eigenvalue weighted by molar-refractivity contribution is -0.126. The van der Waals surface area contributed by atoms with Gasteiger partial charge in [0.1, 0.15) is 0 Å². The van der Waals surface area contributed by atoms with E-state index in [1.54, 1.807) is 0 Å². The molecule has 1 aliphatic rings. The molecular formula is C15H21BrN2O. The predicted octanol–water partition coefficient (Wildman–Crippen LogP) is 2.77. The molecule has 0 heterocycles. The quantitative estimate of drug-likeness (QED) is 0.894. The summed E-state index contributed by atoms with van der Waals surface area (Å²) in [5.41, 5.74) is 6.72. The molecule has 1 aromatic carbocycles. The maximum atomic E-state index is 12.2. The van der Waals surface area contributed by atoms with E-state index in [4.69, 9.17) is 5.73 Å². The lowest BCUT2D eigenvalue weighted by Crippen LogP contribution is -2.54. The van der Waals surface area contributed by atoms with Gasteiger partial charge in [-0.25, -0.2) is 0 Å². The number of hydrogen-bond donors (Lipinski definition) is 2. The minimum absolute atomic E-state index is 0.00422. The lowest BCUT2D eigenvalue weighted by atomic mass is 9.97. The van der Waals surface area contributed by atoms with Gasteiger partial charge in [-0.2, -0.15) is 0 Å². The van der Waals surface area contributed by atoms with Crippen LogP contribution in [0.2, 0.25) is 0 Å². The summed E-state index contributed by atoms with van der Waals surface area (Å²) in [6.45, 7) is 2.02. The molecule has 1 saturated carbocycles. The molecule has 1 aliphatic carbocycles. The molecule has 0 aliphatic heterocycles. The largest absolute Gasteiger partial charge is 0.352 e. The van der Waals surface area contributed by atoms with Crippen molar-refractivity contribution in [2.24, 2.45) is 5.73 Å². The minimum atomic E-state index is -0.637. The molecule has 4 heteroatoms. The fraction of sp³-hybridized carbons (Fsp3) is 0.533. The van der Waals surface area contributed by atoms with Gasteiger partial charge in [-0.1, -0.05) is 47.0 Å². The van der Waals surface area contributed by atoms with Crippen molar-refractivity contribution >= 4 is 21.8 Å². The van der Waals surface area contributed by atoms with Crippen LogP contribution in [0.1, 0.15) is 38.2 Å². The highest BCUT2D eigenvalue weighted by molar-refractivity contribution is 9.10. The predicted molar refractivity (Wildman–Crippen MR) is 80.8 cm³/mol. The summed E-state index contributed by atoms with van der Waals surface area (Å²) in [6, 6.07) is 8.18. The number of nitrogens with two attached hydrogens (primary N) is 1. The zero-order valence-corrected chi connectivity index (χ0v) is 12.9. The van der Waals surface area contributed by atoms with E-state index in [1.165, 1.54) is 5.56 Å². The maximum absolute atomic E-state index is 12.2. The molecule has 1 amide bonds. The molecule has 1 unspecified atom stereocenters. The Hall–Kier alpha value is -0.870. The number of rotatable bonds is 4. The highest BCUT2D eigenvalue weighted by Crippen LogP contribution is 2.27. The Morgan fingerprint density at radius 3 is 2.68 bits per heavy atom. The zero-order chi connectivity index (χ0) is 13.9. The highest BCUT2D eigenvalue weighted by Gasteiger charge is 2.37. The van der Waals surface area contributed by atoms with E-state index < -0.39 is 5.54 Å². The van der Waals surface area contributed by atoms with E-state index in [9.17, 15) is 4.79 Å². The molecule has 0 bridgehead atoms. The Bertz CT molecular complexity index is 455. The summed E-state index contributed by atoms with van der Waals surface area (Å²) >= 11 is 3.53. The smallest absolute Gasteiger partial charge is 0.240 e. The van der Waals surface area contributed by atoms with Gasteiger partial charge in [0.05, 0.1) is 5.54 Å². The van der Waals surface area contributed by atoms with Gasteiger partial charge in [0, 0.05) is 10.5 Å². The number of carbonyl (C=O) groups excluding carboxylic acids is 1. The molecule has 3 nitrogen and oxygen atoms in total. The molecule has 2 rings (SSSR count). The van der Waals surface area contributed by atoms with Gasteiger partial charge in [-0.05, 0) is 37.8 Å². The molecule has 0 aromatic heterocycles. The SMILES string of the molecule is CC(Cc1ccccc1Br)NC(=O)C1(N)CCCC1. The number of nitrogens with one attached hydrogen (secondary N) is 1. The van der Waals surface area contributed by atoms with Crippen molar-refractivity contribution in [1.29, 1.82) is 0 Å². The number of hydrogen-bond acceptors (Lipinski definition) is 2. The number of amides is 1. The number of halogens is 1. The van der Waals surface area contributed by atoms with Gasteiger partial charge in [-0.15, -0.1) is 0 Å². The molecule has 3 N–H and O–H groups in total. The van der Waals surface area contributed by atoms with E-state index in [-0.39, 0.29) is 11.9 Å². The third-order valence-electron chi connectivity index (χ3n) is 3.81. The molecule has 19 heavy (non-hydrogen) atoms. The zero-order valence-electron chi connectivity index (χ0n) is 11.3. The van der Waals surface area contributed by atoms with E-state index in [1.807, 2.05) is 25.1 Å². The van der Waals surface area contributed by atoms with E-state index in [0.29, 0.717) is 0 Å². The lowest BCUT2D eigenvalue weighted by Gasteiger charge is -2.25. The van der Waals surface area contributed by atoms with Gasteiger partial charge in [0.25, 0.3) is 0 Å². The first-order valence-electron chi connectivity index (χ1n) is 6.84. The summed E-state index contributed by atoms with van der Waals surface area (Å²) in [5, 5.41) is 3.05. The van der Waals surface area contributed by atoms with Crippen LogP contribution in [0.3, 0.4) is 0 Å². The van der Waals surface area contributed by atoms with Crippen LogP contribution in [0.15, 0.2) is 28.7 Å². The van der Waals surface area contributed by atoms with Crippen molar-refractivity contribution in [3.8, 4) is 0 Å². The Labute approximate surface area is 123 Å². The first kappa shape index (κ1) is 14.5. The second-order valence-electron chi connectivity index (χ2n) is 5.53. The van der Waals surface area contributed by atoms with Crippen molar-refractivity contribution in [2.75, 3.05) is 0 Å². The van der Waals surface area contributed by atoms with Gasteiger partial charge in [-0.3, -0.25) is 4.79 Å². The average Bonchev–Trinajstić information content (AvgIpc) is 2.80. The third-order valence-corrected chi connectivity index (χ3v) is 4.58. The first-order chi connectivity index (χ1) is 9.01. The first-order valence-corrected chi connectivity index (χ1v) is 7.64. The third kappa shape index (κ3) is 3.57. The Morgan fingerprint density at radius 1 is 1.42 bits per heavy atom. The van der Waals surface area contributed by atoms with E-state index >= 15 is 0 Å². The monoisotopic (exact) mass is 324 g/mol. The van der Waals surface area contributed by atoms with Gasteiger partial charge in [0.2, 0.25) is 5.91 Å². The summed E-state index contributed by atoms with van der Waals surface area (Å²) in [7, 11) is 0. The van der Waals surface area contributed by atoms with Crippen LogP contribution in [0.4, 0.5) is 0 Å². The second-order valence-corrected chi connectivity index (χ2v) is 6.39. The minimum Gasteiger partial charge on any atom is -0.352 e. The van der Waals surface area contributed by atoms with Crippen molar-refractivity contribution in [3.05, 3.63) is 34.3 Å². The van der Waals surface area contributed by atoms with Crippen molar-refractivity contribution in [1.82, 2.24) is 5.32 Å². The van der Waals surface area contributed by atoms with Crippen LogP contribution in [0.25, 0.3) is 0 Å². The molecule has 104 valence electrons. The Balaban J connectivity index is 1.93. The maximum Gasteiger partial charge on any atom is 0.240 e. The number of benzene rings is 1. The van der Waals surface area contributed by atoms with Gasteiger partial charge < -0.3 is 11.1 Å². The highest BCUT2D eigenvalue weighted by atomic mass is 79.9. The van der Waals surface area contributed by atoms with Crippen molar-refractivity contribution < 1.29 is 4.79 Å². The van der Waals surface area contributed by atoms with Crippen LogP contribution < -0.4 is 11.1 Å². The fourth-order valence-electron chi connectivity index (χ4n) is 2.65. The van der Waals surface area contributed by atoms with Crippen molar-refractivity contribution in [2.45, 2.75) is 50.6 Å². The molecule has 1 atom stereocenters. The summed E-state index contributed by atoms with van der Waals surface area (Å²) < 4.78 is 1.08. The van der Waals surface area contributed by atoms with E-state index in [2.05, 4.69) is 27.3 Å². The second kappa shape index (κ2) is 6.06. The Morgan fingerprint density at radius 2 is 2.05 bits per heavy atom. The molecular weight excluding hydrogens is 304 g/mol. The average molecular weight is 325 g/mol.